The first-order valence-corrected chi connectivity index (χ1v) is 14.0. The minimum absolute atomic E-state index is 0.0404. The number of ketones is 2. The maximum atomic E-state index is 14.1. The van der Waals surface area contributed by atoms with Gasteiger partial charge < -0.3 is 42.3 Å². The number of hydrogen-bond acceptors (Lipinski definition) is 11. The van der Waals surface area contributed by atoms with E-state index in [-0.39, 0.29) is 23.2 Å². The number of phenolic OH excluding ortho intramolecular Hbond substituents is 1. The van der Waals surface area contributed by atoms with Gasteiger partial charge in [-0.3, -0.25) is 24.1 Å². The van der Waals surface area contributed by atoms with Crippen LogP contribution in [0.4, 0.5) is 10.1 Å². The quantitative estimate of drug-likeness (QED) is 0.159. The summed E-state index contributed by atoms with van der Waals surface area (Å²) < 4.78 is 13.2. The molecule has 0 saturated heterocycles. The number of rotatable bonds is 6. The van der Waals surface area contributed by atoms with E-state index in [0.29, 0.717) is 5.56 Å². The summed E-state index contributed by atoms with van der Waals surface area (Å²) in [5.41, 5.74) is 7.13. The summed E-state index contributed by atoms with van der Waals surface area (Å²) in [6.45, 7) is 1.59. The van der Waals surface area contributed by atoms with Gasteiger partial charge in [-0.05, 0) is 55.8 Å². The number of aliphatic hydroxyl groups excluding tert-OH is 3. The Kier molecular flexibility index (Phi) is 7.82. The van der Waals surface area contributed by atoms with Crippen LogP contribution in [-0.2, 0) is 25.6 Å². The number of aromatic hydroxyl groups is 1. The monoisotopic (exact) mass is 624 g/mol. The number of aliphatic hydroxyl groups is 4. The number of likely N-dealkylation sites (N-methyl/N-ethyl adjacent to an activating group) is 1. The molecule has 0 bridgehead atoms. The maximum Gasteiger partial charge on any atom is 0.255 e. The van der Waals surface area contributed by atoms with Crippen molar-refractivity contribution in [2.24, 2.45) is 23.3 Å². The molecular formula is C31H33FN4O9. The molecule has 2 amide bonds. The minimum Gasteiger partial charge on any atom is -0.508 e. The zero-order valence-corrected chi connectivity index (χ0v) is 24.5. The first kappa shape index (κ1) is 31.8. The molecule has 0 aromatic heterocycles. The number of benzene rings is 2. The van der Waals surface area contributed by atoms with Crippen LogP contribution in [0.15, 0.2) is 53.3 Å². The summed E-state index contributed by atoms with van der Waals surface area (Å²) in [5.74, 6) is -11.4. The number of nitrogens with two attached hydrogens (primary N) is 2. The van der Waals surface area contributed by atoms with E-state index < -0.39 is 99.2 Å². The highest BCUT2D eigenvalue weighted by Crippen LogP contribution is 2.56. The highest BCUT2D eigenvalue weighted by atomic mass is 19.1. The fourth-order valence-corrected chi connectivity index (χ4v) is 6.91. The molecule has 13 nitrogen and oxygen atoms in total. The van der Waals surface area contributed by atoms with Gasteiger partial charge in [-0.15, -0.1) is 0 Å². The van der Waals surface area contributed by atoms with E-state index in [4.69, 9.17) is 11.5 Å². The Bertz CT molecular complexity index is 1700. The van der Waals surface area contributed by atoms with E-state index >= 15 is 0 Å². The van der Waals surface area contributed by atoms with Crippen molar-refractivity contribution in [2.75, 3.05) is 19.4 Å². The molecule has 45 heavy (non-hydrogen) atoms. The molecule has 0 heterocycles. The van der Waals surface area contributed by atoms with Crippen molar-refractivity contribution in [3.05, 3.63) is 75.8 Å². The lowest BCUT2D eigenvalue weighted by atomic mass is 9.54. The number of amides is 2. The molecule has 3 aliphatic carbocycles. The van der Waals surface area contributed by atoms with E-state index in [9.17, 15) is 49.1 Å². The van der Waals surface area contributed by atoms with Crippen molar-refractivity contribution in [1.82, 2.24) is 4.90 Å². The Hall–Kier alpha value is -4.63. The van der Waals surface area contributed by atoms with Gasteiger partial charge in [0, 0.05) is 11.5 Å². The molecular weight excluding hydrogens is 591 g/mol. The van der Waals surface area contributed by atoms with Gasteiger partial charge in [-0.2, -0.15) is 0 Å². The average Bonchev–Trinajstić information content (AvgIpc) is 2.96. The molecule has 1 fully saturated rings. The SMILES string of the molecule is C[C@H]1c2ccc(NC(=O)[C@@H](N)Cc3ccc(F)cc3)c(O)c2C(O)=C2C(=O)[C@]3(O)C(O)=C(C(N)=O)C(=O)[C@@H](N(C)C)C3C(O)C21. The van der Waals surface area contributed by atoms with Crippen LogP contribution < -0.4 is 16.8 Å². The Morgan fingerprint density at radius 2 is 1.71 bits per heavy atom. The molecule has 2 aromatic carbocycles. The number of nitrogens with one attached hydrogen (secondary N) is 1. The molecule has 1 saturated carbocycles. The van der Waals surface area contributed by atoms with Crippen molar-refractivity contribution >= 4 is 34.8 Å². The predicted octanol–water partition coefficient (Wildman–Crippen LogP) is 0.143. The van der Waals surface area contributed by atoms with Gasteiger partial charge in [0.15, 0.2) is 11.4 Å². The van der Waals surface area contributed by atoms with E-state index in [2.05, 4.69) is 5.32 Å². The van der Waals surface area contributed by atoms with Crippen molar-refractivity contribution in [3.63, 3.8) is 0 Å². The lowest BCUT2D eigenvalue weighted by molar-refractivity contribution is -0.169. The van der Waals surface area contributed by atoms with Crippen LogP contribution in [0.2, 0.25) is 0 Å². The van der Waals surface area contributed by atoms with Crippen LogP contribution in [-0.4, -0.2) is 91.7 Å². The van der Waals surface area contributed by atoms with Crippen LogP contribution >= 0.6 is 0 Å². The van der Waals surface area contributed by atoms with Gasteiger partial charge in [0.1, 0.15) is 28.7 Å². The second-order valence-corrected chi connectivity index (χ2v) is 11.9. The Labute approximate surface area is 256 Å². The average molecular weight is 625 g/mol. The molecule has 0 aliphatic heterocycles. The standard InChI is InChI=1S/C31H33FN4O9/c1-11-14-8-9-16(35-30(44)15(33)10-12-4-6-13(32)7-5-12)23(37)18(14)24(38)19-17(11)25(39)21-22(36(2)3)26(40)20(29(34)43)28(42)31(21,45)27(19)41/h4-9,11,15,17,21-22,25,37-39,42,45H,10,33H2,1-3H3,(H2,34,43)(H,35,44)/t11-,15-,17?,21?,22-,25?,31-/m0/s1. The number of fused-ring (bicyclic) bond motifs is 3. The number of anilines is 1. The van der Waals surface area contributed by atoms with Gasteiger partial charge in [-0.25, -0.2) is 4.39 Å². The lowest BCUT2D eigenvalue weighted by Gasteiger charge is -2.53. The molecule has 3 unspecified atom stereocenters. The summed E-state index contributed by atoms with van der Waals surface area (Å²) in [7, 11) is 2.84. The number of halogens is 1. The first-order chi connectivity index (χ1) is 21.0. The summed E-state index contributed by atoms with van der Waals surface area (Å²) in [6, 6.07) is 5.61. The zero-order valence-electron chi connectivity index (χ0n) is 24.5. The zero-order chi connectivity index (χ0) is 33.3. The van der Waals surface area contributed by atoms with Gasteiger partial charge in [0.25, 0.3) is 5.91 Å². The molecule has 10 N–H and O–H groups in total. The van der Waals surface area contributed by atoms with E-state index in [0.717, 1.165) is 0 Å². The van der Waals surface area contributed by atoms with Crippen LogP contribution in [0.3, 0.4) is 0 Å². The summed E-state index contributed by atoms with van der Waals surface area (Å²) >= 11 is 0. The number of phenols is 1. The predicted molar refractivity (Wildman–Crippen MR) is 157 cm³/mol. The van der Waals surface area contributed by atoms with Gasteiger partial charge in [0.05, 0.1) is 35.4 Å². The third-order valence-electron chi connectivity index (χ3n) is 9.09. The van der Waals surface area contributed by atoms with Gasteiger partial charge >= 0.3 is 0 Å². The largest absolute Gasteiger partial charge is 0.508 e. The van der Waals surface area contributed by atoms with Crippen LogP contribution in [0, 0.1) is 17.7 Å². The van der Waals surface area contributed by atoms with E-state index in [1.807, 2.05) is 0 Å². The van der Waals surface area contributed by atoms with E-state index in [1.54, 1.807) is 6.92 Å². The van der Waals surface area contributed by atoms with Crippen molar-refractivity contribution in [2.45, 2.75) is 43.1 Å². The van der Waals surface area contributed by atoms with Gasteiger partial charge in [0.2, 0.25) is 11.7 Å². The Morgan fingerprint density at radius 3 is 2.29 bits per heavy atom. The molecule has 0 radical (unpaired) electrons. The van der Waals surface area contributed by atoms with Crippen molar-refractivity contribution < 1.29 is 49.1 Å². The van der Waals surface area contributed by atoms with Crippen LogP contribution in [0.1, 0.15) is 29.5 Å². The highest BCUT2D eigenvalue weighted by molar-refractivity contribution is 6.24. The number of carbonyl (C=O) groups is 4. The summed E-state index contributed by atoms with van der Waals surface area (Å²) in [4.78, 5) is 53.7. The smallest absolute Gasteiger partial charge is 0.255 e. The third kappa shape index (κ3) is 4.68. The topological polar surface area (TPSA) is 237 Å². The number of carbonyl (C=O) groups excluding carboxylic acids is 4. The van der Waals surface area contributed by atoms with Crippen molar-refractivity contribution in [1.29, 1.82) is 0 Å². The number of primary amides is 1. The lowest BCUT2D eigenvalue weighted by Crippen LogP contribution is -2.70. The first-order valence-electron chi connectivity index (χ1n) is 14.0. The number of hydrogen-bond donors (Lipinski definition) is 8. The molecule has 5 rings (SSSR count). The molecule has 0 spiro atoms. The number of Topliss-reactive ketones (excluding diaryl/α,β-unsaturated/α-hetero) is 2. The van der Waals surface area contributed by atoms with E-state index in [1.165, 1.54) is 55.4 Å². The Balaban J connectivity index is 1.58. The molecule has 3 aliphatic rings. The van der Waals surface area contributed by atoms with Crippen LogP contribution in [0.5, 0.6) is 5.75 Å². The fourth-order valence-electron chi connectivity index (χ4n) is 6.91. The highest BCUT2D eigenvalue weighted by Gasteiger charge is 2.68. The van der Waals surface area contributed by atoms with Crippen LogP contribution in [0.25, 0.3) is 5.76 Å². The van der Waals surface area contributed by atoms with Crippen molar-refractivity contribution in [3.8, 4) is 5.75 Å². The summed E-state index contributed by atoms with van der Waals surface area (Å²) in [6.07, 6.45) is -1.69. The normalized spacial score (nSPS) is 28.4. The fraction of sp³-hybridized carbons (Fsp3) is 0.355. The Morgan fingerprint density at radius 1 is 1.09 bits per heavy atom. The number of nitrogens with zero attached hydrogens (tertiary/aromatic N) is 1. The second kappa shape index (κ2) is 11.1. The maximum absolute atomic E-state index is 14.1. The minimum atomic E-state index is -3.04. The molecule has 14 heteroatoms. The second-order valence-electron chi connectivity index (χ2n) is 11.9. The van der Waals surface area contributed by atoms with Gasteiger partial charge in [-0.1, -0.05) is 25.1 Å². The molecule has 2 aromatic rings. The molecule has 7 atom stereocenters. The molecule has 238 valence electrons. The summed E-state index contributed by atoms with van der Waals surface area (Å²) in [5, 5.41) is 59.6. The third-order valence-corrected chi connectivity index (χ3v) is 9.09.